The average molecular weight is 598 g/mol. The number of benzene rings is 3. The summed E-state index contributed by atoms with van der Waals surface area (Å²) < 4.78 is 35.0. The molecule has 5 rings (SSSR count). The number of piperazine rings is 1. The molecule has 0 amide bonds. The van der Waals surface area contributed by atoms with Crippen LogP contribution in [-0.2, 0) is 40.7 Å². The minimum absolute atomic E-state index is 0.0388. The minimum Gasteiger partial charge on any atom is -0.489 e. The number of nitrogens with zero attached hydrogens (tertiary/aromatic N) is 2. The van der Waals surface area contributed by atoms with Crippen molar-refractivity contribution in [3.05, 3.63) is 87.9 Å². The number of ether oxygens (including phenoxy) is 1. The Morgan fingerprint density at radius 1 is 1.05 bits per heavy atom. The molecule has 1 saturated heterocycles. The Balaban J connectivity index is 1.29. The van der Waals surface area contributed by atoms with Gasteiger partial charge in [-0.25, -0.2) is 13.1 Å². The van der Waals surface area contributed by atoms with Crippen LogP contribution in [0.3, 0.4) is 0 Å². The fourth-order valence-corrected chi connectivity index (χ4v) is 6.99. The Morgan fingerprint density at radius 2 is 1.76 bits per heavy atom. The second kappa shape index (κ2) is 12.8. The Kier molecular flexibility index (Phi) is 9.19. The number of aryl methyl sites for hydroxylation is 1. The van der Waals surface area contributed by atoms with Crippen LogP contribution in [0.25, 0.3) is 0 Å². The van der Waals surface area contributed by atoms with E-state index in [0.29, 0.717) is 37.3 Å². The lowest BCUT2D eigenvalue weighted by molar-refractivity contribution is -0.136. The van der Waals surface area contributed by atoms with Crippen molar-refractivity contribution in [3.8, 4) is 5.75 Å². The minimum atomic E-state index is -3.70. The Bertz CT molecular complexity index is 1470. The van der Waals surface area contributed by atoms with Crippen molar-refractivity contribution >= 4 is 33.3 Å². The van der Waals surface area contributed by atoms with E-state index in [1.807, 2.05) is 18.2 Å². The number of rotatable bonds is 10. The number of aliphatic carboxylic acids is 1. The average Bonchev–Trinajstić information content (AvgIpc) is 2.95. The molecule has 0 aromatic heterocycles. The summed E-state index contributed by atoms with van der Waals surface area (Å²) in [5, 5.41) is 9.79. The number of fused-ring (bicyclic) bond motifs is 1. The molecule has 3 aromatic rings. The van der Waals surface area contributed by atoms with Crippen LogP contribution in [0.15, 0.2) is 65.6 Å². The number of hydrogen-bond acceptors (Lipinski definition) is 6. The van der Waals surface area contributed by atoms with Gasteiger partial charge in [0.05, 0.1) is 4.90 Å². The van der Waals surface area contributed by atoms with E-state index in [1.165, 1.54) is 17.8 Å². The molecule has 0 saturated carbocycles. The van der Waals surface area contributed by atoms with Crippen molar-refractivity contribution in [2.75, 3.05) is 38.1 Å². The molecule has 3 aromatic carbocycles. The van der Waals surface area contributed by atoms with Crippen LogP contribution in [0.2, 0.25) is 5.02 Å². The summed E-state index contributed by atoms with van der Waals surface area (Å²) in [6, 6.07) is 18.1. The van der Waals surface area contributed by atoms with Crippen molar-refractivity contribution < 1.29 is 23.1 Å². The molecule has 2 N–H and O–H groups in total. The monoisotopic (exact) mass is 597 g/mol. The highest BCUT2D eigenvalue weighted by molar-refractivity contribution is 7.89. The maximum Gasteiger partial charge on any atom is 0.303 e. The van der Waals surface area contributed by atoms with Crippen LogP contribution in [0, 0.1) is 0 Å². The van der Waals surface area contributed by atoms with Gasteiger partial charge in [0.15, 0.2) is 0 Å². The van der Waals surface area contributed by atoms with Crippen LogP contribution >= 0.6 is 11.6 Å². The molecular formula is C31H36ClN3O5S. The fraction of sp³-hybridized carbons (Fsp3) is 0.387. The molecular weight excluding hydrogens is 562 g/mol. The summed E-state index contributed by atoms with van der Waals surface area (Å²) in [7, 11) is -1.56. The standard InChI is InChI=1S/C31H36ClN3O5S/c1-34-14-16-35(17-15-34)27-6-8-28(9-7-27)40-21-22-18-23(2-13-31(36)37)30-12-5-26(20-24(30)19-22)33-41(38,39)29-10-3-25(32)4-11-29/h3-4,6-11,18-19,26,33H,2,5,12-17,20-21H2,1H3,(H,36,37). The van der Waals surface area contributed by atoms with Crippen molar-refractivity contribution in [1.29, 1.82) is 0 Å². The number of nitrogens with one attached hydrogen (secondary N) is 1. The van der Waals surface area contributed by atoms with Gasteiger partial charge in [-0.3, -0.25) is 4.79 Å². The molecule has 0 bridgehead atoms. The van der Waals surface area contributed by atoms with Crippen molar-refractivity contribution in [3.63, 3.8) is 0 Å². The highest BCUT2D eigenvalue weighted by Crippen LogP contribution is 2.29. The zero-order valence-corrected chi connectivity index (χ0v) is 24.8. The predicted octanol–water partition coefficient (Wildman–Crippen LogP) is 4.52. The first-order valence-corrected chi connectivity index (χ1v) is 15.8. The summed E-state index contributed by atoms with van der Waals surface area (Å²) >= 11 is 5.93. The van der Waals surface area contributed by atoms with Gasteiger partial charge in [0.2, 0.25) is 10.0 Å². The summed E-state index contributed by atoms with van der Waals surface area (Å²) in [5.74, 6) is -0.0773. The molecule has 8 nitrogen and oxygen atoms in total. The van der Waals surface area contributed by atoms with Crippen molar-refractivity contribution in [2.45, 2.75) is 49.6 Å². The van der Waals surface area contributed by atoms with Gasteiger partial charge in [-0.15, -0.1) is 0 Å². The quantitative estimate of drug-likeness (QED) is 0.354. The number of hydrogen-bond donors (Lipinski definition) is 2. The van der Waals surface area contributed by atoms with Gasteiger partial charge in [0.1, 0.15) is 12.4 Å². The van der Waals surface area contributed by atoms with Gasteiger partial charge >= 0.3 is 5.97 Å². The number of anilines is 1. The van der Waals surface area contributed by atoms with Crippen LogP contribution in [0.1, 0.15) is 35.1 Å². The number of halogens is 1. The SMILES string of the molecule is CN1CCN(c2ccc(OCc3cc(CCC(=O)O)c4c(c3)CC(NS(=O)(=O)c3ccc(Cl)cc3)CC4)cc2)CC1. The largest absolute Gasteiger partial charge is 0.489 e. The molecule has 1 atom stereocenters. The number of carbonyl (C=O) groups is 1. The van der Waals surface area contributed by atoms with E-state index in [9.17, 15) is 18.3 Å². The van der Waals surface area contributed by atoms with E-state index in [-0.39, 0.29) is 17.4 Å². The summed E-state index contributed by atoms with van der Waals surface area (Å²) in [5.41, 5.74) is 5.27. The topological polar surface area (TPSA) is 99.2 Å². The number of carboxylic acid groups (broad SMARTS) is 1. The van der Waals surface area contributed by atoms with Gasteiger partial charge in [-0.2, -0.15) is 0 Å². The zero-order valence-electron chi connectivity index (χ0n) is 23.2. The summed E-state index contributed by atoms with van der Waals surface area (Å²) in [6.45, 7) is 4.43. The first-order valence-electron chi connectivity index (χ1n) is 14.0. The lowest BCUT2D eigenvalue weighted by Gasteiger charge is -2.34. The van der Waals surface area contributed by atoms with Crippen molar-refractivity contribution in [2.24, 2.45) is 0 Å². The van der Waals surface area contributed by atoms with E-state index >= 15 is 0 Å². The zero-order chi connectivity index (χ0) is 29.0. The third-order valence-corrected chi connectivity index (χ3v) is 9.66. The smallest absolute Gasteiger partial charge is 0.303 e. The molecule has 1 unspecified atom stereocenters. The van der Waals surface area contributed by atoms with Crippen LogP contribution in [0.5, 0.6) is 5.75 Å². The Morgan fingerprint density at radius 3 is 2.44 bits per heavy atom. The first-order chi connectivity index (χ1) is 19.7. The van der Waals surface area contributed by atoms with Gasteiger partial charge in [0.25, 0.3) is 0 Å². The maximum absolute atomic E-state index is 13.0. The summed E-state index contributed by atoms with van der Waals surface area (Å²) in [6.07, 6.45) is 2.29. The van der Waals surface area contributed by atoms with E-state index in [0.717, 1.165) is 54.2 Å². The molecule has 218 valence electrons. The molecule has 1 aliphatic carbocycles. The van der Waals surface area contributed by atoms with Gasteiger partial charge in [0, 0.05) is 49.4 Å². The Hall–Kier alpha value is -3.11. The lowest BCUT2D eigenvalue weighted by Crippen LogP contribution is -2.44. The van der Waals surface area contributed by atoms with Gasteiger partial charge < -0.3 is 19.6 Å². The highest BCUT2D eigenvalue weighted by atomic mass is 35.5. The third-order valence-electron chi connectivity index (χ3n) is 7.87. The molecule has 0 radical (unpaired) electrons. The second-order valence-corrected chi connectivity index (χ2v) is 13.0. The molecule has 0 spiro atoms. The normalized spacial score (nSPS) is 17.7. The van der Waals surface area contributed by atoms with E-state index < -0.39 is 16.0 Å². The lowest BCUT2D eigenvalue weighted by atomic mass is 9.83. The number of carboxylic acids is 1. The predicted molar refractivity (Wildman–Crippen MR) is 160 cm³/mol. The number of likely N-dealkylation sites (N-methyl/N-ethyl adjacent to an activating group) is 1. The van der Waals surface area contributed by atoms with Crippen LogP contribution < -0.4 is 14.4 Å². The molecule has 2 aliphatic rings. The van der Waals surface area contributed by atoms with Gasteiger partial charge in [-0.05, 0) is 104 Å². The van der Waals surface area contributed by atoms with Crippen molar-refractivity contribution in [1.82, 2.24) is 9.62 Å². The van der Waals surface area contributed by atoms with E-state index in [4.69, 9.17) is 16.3 Å². The Labute approximate surface area is 246 Å². The van der Waals surface area contributed by atoms with E-state index in [1.54, 1.807) is 12.1 Å². The fourth-order valence-electron chi connectivity index (χ4n) is 5.59. The molecule has 10 heteroatoms. The van der Waals surface area contributed by atoms with Crippen LogP contribution in [-0.4, -0.2) is 63.7 Å². The number of sulfonamides is 1. The molecule has 41 heavy (non-hydrogen) atoms. The van der Waals surface area contributed by atoms with E-state index in [2.05, 4.69) is 39.8 Å². The molecule has 1 heterocycles. The molecule has 1 fully saturated rings. The maximum atomic E-state index is 13.0. The first kappa shape index (κ1) is 29.4. The summed E-state index contributed by atoms with van der Waals surface area (Å²) in [4.78, 5) is 16.2. The highest BCUT2D eigenvalue weighted by Gasteiger charge is 2.26. The molecule has 1 aliphatic heterocycles. The van der Waals surface area contributed by atoms with Gasteiger partial charge in [-0.1, -0.05) is 23.7 Å². The third kappa shape index (κ3) is 7.60. The second-order valence-electron chi connectivity index (χ2n) is 10.9. The van der Waals surface area contributed by atoms with Crippen LogP contribution in [0.4, 0.5) is 5.69 Å².